The first kappa shape index (κ1) is 52.2. The van der Waals surface area contributed by atoms with E-state index in [4.69, 9.17) is 42.6 Å². The number of fused-ring (bicyclic) bond motifs is 2. The van der Waals surface area contributed by atoms with E-state index in [0.717, 1.165) is 0 Å². The molecule has 0 bridgehead atoms. The summed E-state index contributed by atoms with van der Waals surface area (Å²) in [5.74, 6) is 0. The monoisotopic (exact) mass is 980 g/mol. The van der Waals surface area contributed by atoms with Crippen LogP contribution < -0.4 is 10.6 Å². The fourth-order valence-corrected chi connectivity index (χ4v) is 10.6. The Bertz CT molecular complexity index is 1680. The van der Waals surface area contributed by atoms with E-state index in [1.54, 1.807) is 0 Å². The number of rotatable bonds is 14. The van der Waals surface area contributed by atoms with Crippen molar-refractivity contribution in [2.75, 3.05) is 26.4 Å². The van der Waals surface area contributed by atoms with E-state index in [1.165, 1.54) is 13.8 Å². The predicted molar refractivity (Wildman–Crippen MR) is 206 cm³/mol. The van der Waals surface area contributed by atoms with Crippen molar-refractivity contribution in [1.82, 2.24) is 10.6 Å². The Morgan fingerprint density at radius 1 is 0.418 bits per heavy atom. The molecule has 0 spiro atoms. The highest BCUT2D eigenvalue weighted by molar-refractivity contribution is 5.24. The van der Waals surface area contributed by atoms with Crippen molar-refractivity contribution in [3.8, 4) is 0 Å². The molecular weight excluding hydrogens is 916 g/mol. The maximum Gasteiger partial charge on any atom is 0.187 e. The number of aliphatic hydroxyl groups excluding tert-OH is 18. The number of nitrogens with one attached hydrogen (secondary N) is 2. The molecule has 32 unspecified atom stereocenters. The fraction of sp³-hybridized carbons (Fsp3) is 1.00. The molecule has 8 fully saturated rings. The molecule has 6 aliphatic heterocycles. The molecular formula is C38H64N2O27. The Morgan fingerprint density at radius 2 is 0.821 bits per heavy atom. The van der Waals surface area contributed by atoms with Crippen LogP contribution in [0.4, 0.5) is 0 Å². The van der Waals surface area contributed by atoms with E-state index in [-0.39, 0.29) is 0 Å². The summed E-state index contributed by atoms with van der Waals surface area (Å²) in [4.78, 5) is 0. The van der Waals surface area contributed by atoms with Crippen molar-refractivity contribution in [3.05, 3.63) is 0 Å². The van der Waals surface area contributed by atoms with Gasteiger partial charge in [0, 0.05) is 0 Å². The molecule has 32 atom stereocenters. The standard InChI is InChI=1S/C38H64N2O27/c1-7-11(39-13-17(47)21(51)29(57)37(5-43)30(13)66-37)15(45)25(55)35(60-7)64-28-10(4-42)62-36(26(56)20(28)50)65-32-22(52)18(48)14(31-38(32,6-44)67-31)40-12-8(2)59-34(24(54)16(12)46)63-27-9(3-41)61-33(58)23(53)19(27)49/h7-36,39-58H,3-6H2,1-2H3. The smallest absolute Gasteiger partial charge is 0.187 e. The summed E-state index contributed by atoms with van der Waals surface area (Å²) < 4.78 is 51.0. The minimum atomic E-state index is -2.06. The lowest BCUT2D eigenvalue weighted by Crippen LogP contribution is -2.71. The van der Waals surface area contributed by atoms with Gasteiger partial charge in [-0.15, -0.1) is 0 Å². The van der Waals surface area contributed by atoms with Crippen LogP contribution >= 0.6 is 0 Å². The van der Waals surface area contributed by atoms with Gasteiger partial charge in [-0.2, -0.15) is 0 Å². The topological polar surface area (TPSA) is 478 Å². The number of ether oxygens (including phenoxy) is 9. The molecule has 67 heavy (non-hydrogen) atoms. The Hall–Kier alpha value is -1.16. The van der Waals surface area contributed by atoms with Crippen molar-refractivity contribution >= 4 is 0 Å². The molecule has 29 nitrogen and oxygen atoms in total. The van der Waals surface area contributed by atoms with E-state index in [9.17, 15) is 91.9 Å². The quantitative estimate of drug-likeness (QED) is 0.0719. The van der Waals surface area contributed by atoms with Gasteiger partial charge >= 0.3 is 0 Å². The third kappa shape index (κ3) is 8.77. The first-order valence-electron chi connectivity index (χ1n) is 22.0. The molecule has 2 saturated carbocycles. The number of hydrogen-bond donors (Lipinski definition) is 20. The minimum Gasteiger partial charge on any atom is -0.394 e. The van der Waals surface area contributed by atoms with Gasteiger partial charge in [-0.3, -0.25) is 0 Å². The van der Waals surface area contributed by atoms with E-state index >= 15 is 0 Å². The molecule has 388 valence electrons. The van der Waals surface area contributed by atoms with Crippen LogP contribution in [0.15, 0.2) is 0 Å². The van der Waals surface area contributed by atoms with Gasteiger partial charge in [0.15, 0.2) is 25.2 Å². The highest BCUT2D eigenvalue weighted by atomic mass is 16.8. The van der Waals surface area contributed by atoms with Crippen LogP contribution in [0.1, 0.15) is 13.8 Å². The Kier molecular flexibility index (Phi) is 15.3. The summed E-state index contributed by atoms with van der Waals surface area (Å²) in [6.07, 6.45) is -43.3. The van der Waals surface area contributed by atoms with Crippen LogP contribution in [-0.4, -0.2) is 313 Å². The zero-order chi connectivity index (χ0) is 48.9. The summed E-state index contributed by atoms with van der Waals surface area (Å²) in [6.45, 7) is -0.392. The molecule has 6 saturated heterocycles. The summed E-state index contributed by atoms with van der Waals surface area (Å²) in [7, 11) is 0. The molecule has 0 amide bonds. The van der Waals surface area contributed by atoms with Crippen LogP contribution in [0.2, 0.25) is 0 Å². The second kappa shape index (κ2) is 19.7. The van der Waals surface area contributed by atoms with Gasteiger partial charge in [0.1, 0.15) is 133 Å². The van der Waals surface area contributed by atoms with Gasteiger partial charge in [0.05, 0.1) is 62.8 Å². The van der Waals surface area contributed by atoms with Gasteiger partial charge in [0.2, 0.25) is 0 Å². The lowest BCUT2D eigenvalue weighted by atomic mass is 9.78. The molecule has 2 aliphatic carbocycles. The molecule has 0 aromatic heterocycles. The van der Waals surface area contributed by atoms with Crippen LogP contribution in [-0.2, 0) is 42.6 Å². The first-order valence-corrected chi connectivity index (χ1v) is 22.0. The fourth-order valence-electron chi connectivity index (χ4n) is 10.6. The van der Waals surface area contributed by atoms with Gasteiger partial charge in [-0.25, -0.2) is 0 Å². The van der Waals surface area contributed by atoms with Crippen LogP contribution in [0.25, 0.3) is 0 Å². The largest absolute Gasteiger partial charge is 0.394 e. The molecule has 29 heteroatoms. The zero-order valence-corrected chi connectivity index (χ0v) is 35.9. The average Bonchev–Trinajstić information content (AvgIpc) is 4.24. The third-order valence-electron chi connectivity index (χ3n) is 14.7. The Labute approximate surface area is 380 Å². The van der Waals surface area contributed by atoms with Gasteiger partial charge < -0.3 is 145 Å². The predicted octanol–water partition coefficient (Wildman–Crippen LogP) is -13.3. The maximum atomic E-state index is 11.4. The molecule has 0 radical (unpaired) electrons. The van der Waals surface area contributed by atoms with Crippen LogP contribution in [0, 0.1) is 0 Å². The number of aliphatic hydroxyl groups is 18. The molecule has 8 aliphatic rings. The molecule has 0 aromatic rings. The highest BCUT2D eigenvalue weighted by Crippen LogP contribution is 2.51. The third-order valence-corrected chi connectivity index (χ3v) is 14.7. The van der Waals surface area contributed by atoms with E-state index in [1.807, 2.05) is 0 Å². The van der Waals surface area contributed by atoms with E-state index in [2.05, 4.69) is 10.6 Å². The second-order valence-corrected chi connectivity index (χ2v) is 18.7. The van der Waals surface area contributed by atoms with Crippen molar-refractivity contribution in [2.24, 2.45) is 0 Å². The SMILES string of the molecule is CC1OC(OC2C(CO)OC(O)C(O)C2O)C(O)C(O)C1NC1C(O)C(O)C(OC2OC(CO)C(OC3OC(C)C(NC4C(O)C(O)C(O)C5(CO)OC45)C(O)C3O)C(O)C2O)C2(CO)OC12. The van der Waals surface area contributed by atoms with Crippen molar-refractivity contribution in [3.63, 3.8) is 0 Å². The van der Waals surface area contributed by atoms with Gasteiger partial charge in [-0.1, -0.05) is 0 Å². The lowest BCUT2D eigenvalue weighted by Gasteiger charge is -2.49. The summed E-state index contributed by atoms with van der Waals surface area (Å²) in [5, 5.41) is 198. The van der Waals surface area contributed by atoms with Gasteiger partial charge in [0.25, 0.3) is 0 Å². The van der Waals surface area contributed by atoms with Crippen molar-refractivity contribution in [2.45, 2.75) is 209 Å². The number of hydrogen-bond acceptors (Lipinski definition) is 29. The van der Waals surface area contributed by atoms with Crippen molar-refractivity contribution < 1.29 is 135 Å². The van der Waals surface area contributed by atoms with Crippen LogP contribution in [0.3, 0.4) is 0 Å². The first-order chi connectivity index (χ1) is 31.6. The molecule has 6 heterocycles. The van der Waals surface area contributed by atoms with Gasteiger partial charge in [-0.05, 0) is 13.8 Å². The Morgan fingerprint density at radius 3 is 1.31 bits per heavy atom. The summed E-state index contributed by atoms with van der Waals surface area (Å²) >= 11 is 0. The Balaban J connectivity index is 0.881. The molecule has 8 rings (SSSR count). The highest BCUT2D eigenvalue weighted by Gasteiger charge is 2.74. The summed E-state index contributed by atoms with van der Waals surface area (Å²) in [6, 6.07) is -4.90. The zero-order valence-electron chi connectivity index (χ0n) is 35.9. The lowest BCUT2D eigenvalue weighted by molar-refractivity contribution is -0.361. The minimum absolute atomic E-state index is 0.692. The van der Waals surface area contributed by atoms with E-state index in [0.29, 0.717) is 0 Å². The average molecular weight is 981 g/mol. The maximum absolute atomic E-state index is 11.4. The molecule has 20 N–H and O–H groups in total. The van der Waals surface area contributed by atoms with Crippen LogP contribution in [0.5, 0.6) is 0 Å². The summed E-state index contributed by atoms with van der Waals surface area (Å²) in [5.41, 5.74) is -3.39. The second-order valence-electron chi connectivity index (χ2n) is 18.7. The number of epoxide rings is 2. The molecule has 0 aromatic carbocycles. The van der Waals surface area contributed by atoms with Crippen molar-refractivity contribution in [1.29, 1.82) is 0 Å². The normalized spacial score (nSPS) is 58.7. The van der Waals surface area contributed by atoms with E-state index < -0.39 is 221 Å².